The van der Waals surface area contributed by atoms with Crippen LogP contribution in [-0.4, -0.2) is 17.1 Å². The minimum absolute atomic E-state index is 0.00906. The molecule has 0 atom stereocenters. The molecule has 0 unspecified atom stereocenters. The summed E-state index contributed by atoms with van der Waals surface area (Å²) in [6.07, 6.45) is 0. The number of nitrogens with zero attached hydrogens (tertiary/aromatic N) is 3. The molecule has 142 valence electrons. The van der Waals surface area contributed by atoms with Gasteiger partial charge in [0, 0.05) is 16.1 Å². The number of nitrogens with two attached hydrogens (primary N) is 2. The molecule has 0 saturated heterocycles. The van der Waals surface area contributed by atoms with Crippen molar-refractivity contribution in [1.29, 1.82) is 5.26 Å². The molecule has 0 aliphatic carbocycles. The van der Waals surface area contributed by atoms with Crippen molar-refractivity contribution in [3.63, 3.8) is 0 Å². The zero-order chi connectivity index (χ0) is 20.3. The average molecular weight is 461 g/mol. The number of ether oxygens (including phenoxy) is 2. The molecule has 1 aromatic heterocycles. The lowest BCUT2D eigenvalue weighted by atomic mass is 10.0. The van der Waals surface area contributed by atoms with Crippen LogP contribution in [-0.2, 0) is 6.61 Å². The third-order valence-electron chi connectivity index (χ3n) is 3.90. The Balaban J connectivity index is 1.98. The summed E-state index contributed by atoms with van der Waals surface area (Å²) in [6, 6.07) is 12.6. The summed E-state index contributed by atoms with van der Waals surface area (Å²) >= 11 is 9.38. The number of aromatic nitrogens is 2. The van der Waals surface area contributed by atoms with Crippen LogP contribution in [0.5, 0.6) is 11.5 Å². The fourth-order valence-corrected chi connectivity index (χ4v) is 3.40. The molecule has 0 aliphatic rings. The zero-order valence-corrected chi connectivity index (χ0v) is 17.1. The van der Waals surface area contributed by atoms with Gasteiger partial charge in [-0.2, -0.15) is 10.2 Å². The number of hydrogen-bond acceptors (Lipinski definition) is 7. The molecule has 0 radical (unpaired) electrons. The van der Waals surface area contributed by atoms with Gasteiger partial charge in [-0.1, -0.05) is 11.6 Å². The summed E-state index contributed by atoms with van der Waals surface area (Å²) in [5, 5.41) is 10.0. The van der Waals surface area contributed by atoms with Crippen molar-refractivity contribution in [1.82, 2.24) is 9.97 Å². The van der Waals surface area contributed by atoms with E-state index in [1.807, 2.05) is 12.1 Å². The number of nitriles is 1. The predicted molar refractivity (Wildman–Crippen MR) is 111 cm³/mol. The number of halogens is 2. The second kappa shape index (κ2) is 8.33. The summed E-state index contributed by atoms with van der Waals surface area (Å²) < 4.78 is 12.0. The van der Waals surface area contributed by atoms with Gasteiger partial charge < -0.3 is 20.9 Å². The van der Waals surface area contributed by atoms with E-state index in [9.17, 15) is 5.26 Å². The van der Waals surface area contributed by atoms with Crippen molar-refractivity contribution in [3.05, 3.63) is 57.0 Å². The first kappa shape index (κ1) is 19.7. The van der Waals surface area contributed by atoms with Crippen LogP contribution in [0.4, 0.5) is 11.8 Å². The van der Waals surface area contributed by atoms with Crippen molar-refractivity contribution in [2.24, 2.45) is 0 Å². The predicted octanol–water partition coefficient (Wildman–Crippen LogP) is 4.18. The lowest BCUT2D eigenvalue weighted by Crippen LogP contribution is -2.05. The number of anilines is 2. The normalized spacial score (nSPS) is 10.4. The zero-order valence-electron chi connectivity index (χ0n) is 14.7. The molecule has 0 spiro atoms. The SMILES string of the molecule is COc1ccc(-c2nc(N)nc(N)c2C#N)cc1COc1ccc(Cl)cc1Br. The largest absolute Gasteiger partial charge is 0.496 e. The lowest BCUT2D eigenvalue weighted by molar-refractivity contribution is 0.295. The molecule has 1 heterocycles. The minimum Gasteiger partial charge on any atom is -0.496 e. The van der Waals surface area contributed by atoms with E-state index in [1.54, 1.807) is 37.4 Å². The first-order valence-corrected chi connectivity index (χ1v) is 9.18. The van der Waals surface area contributed by atoms with E-state index in [0.29, 0.717) is 27.8 Å². The summed E-state index contributed by atoms with van der Waals surface area (Å²) in [5.74, 6) is 1.28. The van der Waals surface area contributed by atoms with Crippen LogP contribution in [0, 0.1) is 11.3 Å². The van der Waals surface area contributed by atoms with Crippen molar-refractivity contribution in [3.8, 4) is 28.8 Å². The van der Waals surface area contributed by atoms with Crippen LogP contribution >= 0.6 is 27.5 Å². The monoisotopic (exact) mass is 459 g/mol. The van der Waals surface area contributed by atoms with Gasteiger partial charge in [0.1, 0.15) is 35.6 Å². The maximum Gasteiger partial charge on any atom is 0.222 e. The van der Waals surface area contributed by atoms with Gasteiger partial charge >= 0.3 is 0 Å². The van der Waals surface area contributed by atoms with Gasteiger partial charge in [-0.3, -0.25) is 0 Å². The van der Waals surface area contributed by atoms with Crippen molar-refractivity contribution >= 4 is 39.3 Å². The summed E-state index contributed by atoms with van der Waals surface area (Å²) in [4.78, 5) is 8.01. The average Bonchev–Trinajstić information content (AvgIpc) is 2.66. The van der Waals surface area contributed by atoms with Crippen molar-refractivity contribution in [2.45, 2.75) is 6.61 Å². The van der Waals surface area contributed by atoms with E-state index in [0.717, 1.165) is 10.0 Å². The van der Waals surface area contributed by atoms with Gasteiger partial charge in [-0.15, -0.1) is 0 Å². The molecule has 3 rings (SSSR count). The first-order chi connectivity index (χ1) is 13.4. The number of methoxy groups -OCH3 is 1. The molecule has 4 N–H and O–H groups in total. The summed E-state index contributed by atoms with van der Waals surface area (Å²) in [5.41, 5.74) is 13.4. The highest BCUT2D eigenvalue weighted by Crippen LogP contribution is 2.32. The van der Waals surface area contributed by atoms with Crippen LogP contribution in [0.1, 0.15) is 11.1 Å². The fourth-order valence-electron chi connectivity index (χ4n) is 2.60. The highest BCUT2D eigenvalue weighted by molar-refractivity contribution is 9.10. The Morgan fingerprint density at radius 1 is 1.14 bits per heavy atom. The van der Waals surface area contributed by atoms with E-state index in [4.69, 9.17) is 32.5 Å². The maximum atomic E-state index is 9.41. The smallest absolute Gasteiger partial charge is 0.222 e. The maximum absolute atomic E-state index is 9.41. The third kappa shape index (κ3) is 4.11. The molecule has 0 bridgehead atoms. The minimum atomic E-state index is -0.00906. The number of hydrogen-bond donors (Lipinski definition) is 2. The van der Waals surface area contributed by atoms with Gasteiger partial charge in [-0.25, -0.2) is 4.98 Å². The van der Waals surface area contributed by atoms with Gasteiger partial charge in [0.05, 0.1) is 17.3 Å². The van der Waals surface area contributed by atoms with Crippen molar-refractivity contribution in [2.75, 3.05) is 18.6 Å². The Labute approximate surface area is 175 Å². The van der Waals surface area contributed by atoms with E-state index in [1.165, 1.54) is 0 Å². The van der Waals surface area contributed by atoms with Gasteiger partial charge in [0.15, 0.2) is 0 Å². The fraction of sp³-hybridized carbons (Fsp3) is 0.105. The van der Waals surface area contributed by atoms with E-state index < -0.39 is 0 Å². The first-order valence-electron chi connectivity index (χ1n) is 8.01. The van der Waals surface area contributed by atoms with E-state index in [-0.39, 0.29) is 23.9 Å². The molecule has 28 heavy (non-hydrogen) atoms. The summed E-state index contributed by atoms with van der Waals surface area (Å²) in [6.45, 7) is 0.217. The molecule has 3 aromatic rings. The summed E-state index contributed by atoms with van der Waals surface area (Å²) in [7, 11) is 1.57. The Morgan fingerprint density at radius 2 is 1.89 bits per heavy atom. The van der Waals surface area contributed by atoms with Crippen LogP contribution in [0.25, 0.3) is 11.3 Å². The Morgan fingerprint density at radius 3 is 2.57 bits per heavy atom. The van der Waals surface area contributed by atoms with Crippen LogP contribution in [0.2, 0.25) is 5.02 Å². The van der Waals surface area contributed by atoms with Gasteiger partial charge in [0.2, 0.25) is 5.95 Å². The molecule has 7 nitrogen and oxygen atoms in total. The number of rotatable bonds is 5. The number of nitrogen functional groups attached to an aromatic ring is 2. The van der Waals surface area contributed by atoms with Crippen LogP contribution in [0.3, 0.4) is 0 Å². The quantitative estimate of drug-likeness (QED) is 0.586. The highest BCUT2D eigenvalue weighted by atomic mass is 79.9. The van der Waals surface area contributed by atoms with E-state index >= 15 is 0 Å². The lowest BCUT2D eigenvalue weighted by Gasteiger charge is -2.14. The molecule has 2 aromatic carbocycles. The Hall–Kier alpha value is -3.02. The number of benzene rings is 2. The molecule has 0 aliphatic heterocycles. The standard InChI is InChI=1S/C19H15BrClN5O2/c1-27-15-4-2-10(17-13(8-22)18(23)26-19(24)25-17)6-11(15)9-28-16-5-3-12(21)7-14(16)20/h2-7H,9H2,1H3,(H4,23,24,25,26). The Bertz CT molecular complexity index is 1080. The van der Waals surface area contributed by atoms with Crippen LogP contribution in [0.15, 0.2) is 40.9 Å². The molecular formula is C19H15BrClN5O2. The second-order valence-electron chi connectivity index (χ2n) is 5.69. The topological polar surface area (TPSA) is 120 Å². The van der Waals surface area contributed by atoms with Crippen molar-refractivity contribution < 1.29 is 9.47 Å². The molecular weight excluding hydrogens is 446 g/mol. The molecule has 0 saturated carbocycles. The second-order valence-corrected chi connectivity index (χ2v) is 6.98. The molecule has 0 amide bonds. The Kier molecular flexibility index (Phi) is 5.87. The molecule has 0 fully saturated rings. The third-order valence-corrected chi connectivity index (χ3v) is 4.75. The van der Waals surface area contributed by atoms with Gasteiger partial charge in [0.25, 0.3) is 0 Å². The van der Waals surface area contributed by atoms with Crippen LogP contribution < -0.4 is 20.9 Å². The van der Waals surface area contributed by atoms with E-state index in [2.05, 4.69) is 25.9 Å². The highest BCUT2D eigenvalue weighted by Gasteiger charge is 2.15. The molecule has 9 heteroatoms. The van der Waals surface area contributed by atoms with Gasteiger partial charge in [-0.05, 0) is 52.3 Å².